The number of amides is 1. The maximum atomic E-state index is 12.8. The van der Waals surface area contributed by atoms with Crippen LogP contribution in [0.5, 0.6) is 0 Å². The van der Waals surface area contributed by atoms with E-state index in [1.165, 1.54) is 0 Å². The Labute approximate surface area is 160 Å². The summed E-state index contributed by atoms with van der Waals surface area (Å²) in [6.45, 7) is 5.75. The second kappa shape index (κ2) is 8.17. The van der Waals surface area contributed by atoms with E-state index in [-0.39, 0.29) is 30.7 Å². The Kier molecular flexibility index (Phi) is 6.44. The second-order valence-corrected chi connectivity index (χ2v) is 6.58. The maximum Gasteiger partial charge on any atom is 0.255 e. The van der Waals surface area contributed by atoms with Crippen molar-refractivity contribution < 1.29 is 4.79 Å². The fourth-order valence-corrected chi connectivity index (χ4v) is 3.75. The number of benzene rings is 1. The molecule has 2 aromatic rings. The molecule has 0 bridgehead atoms. The van der Waals surface area contributed by atoms with Gasteiger partial charge in [0.2, 0.25) is 0 Å². The molecule has 6 heteroatoms. The zero-order chi connectivity index (χ0) is 15.8. The highest BCUT2D eigenvalue weighted by Crippen LogP contribution is 2.28. The minimum Gasteiger partial charge on any atom is -0.338 e. The van der Waals surface area contributed by atoms with E-state index in [9.17, 15) is 4.79 Å². The van der Waals surface area contributed by atoms with E-state index in [0.717, 1.165) is 48.7 Å². The lowest BCUT2D eigenvalue weighted by Crippen LogP contribution is -2.32. The van der Waals surface area contributed by atoms with Crippen molar-refractivity contribution in [2.24, 2.45) is 11.8 Å². The van der Waals surface area contributed by atoms with Crippen molar-refractivity contribution in [3.05, 3.63) is 53.7 Å². The summed E-state index contributed by atoms with van der Waals surface area (Å²) in [5.41, 5.74) is 3.54. The molecule has 0 saturated carbocycles. The zero-order valence-electron chi connectivity index (χ0n) is 14.1. The van der Waals surface area contributed by atoms with E-state index >= 15 is 0 Å². The van der Waals surface area contributed by atoms with Gasteiger partial charge in [0, 0.05) is 31.7 Å². The summed E-state index contributed by atoms with van der Waals surface area (Å²) in [5.74, 6) is 1.37. The number of carbonyl (C=O) groups excluding carboxylic acids is 1. The highest BCUT2D eigenvalue weighted by atomic mass is 35.5. The Bertz CT molecular complexity index is 727. The highest BCUT2D eigenvalue weighted by molar-refractivity contribution is 5.95. The first kappa shape index (κ1) is 19.7. The fourth-order valence-electron chi connectivity index (χ4n) is 3.75. The van der Waals surface area contributed by atoms with E-state index in [1.54, 1.807) is 0 Å². The molecule has 1 aromatic carbocycles. The minimum absolute atomic E-state index is 0. The average Bonchev–Trinajstić information content (AvgIpc) is 3.16. The number of rotatable bonds is 2. The van der Waals surface area contributed by atoms with Gasteiger partial charge in [-0.1, -0.05) is 30.3 Å². The van der Waals surface area contributed by atoms with Crippen molar-refractivity contribution in [1.29, 1.82) is 0 Å². The van der Waals surface area contributed by atoms with Gasteiger partial charge in [-0.25, -0.2) is 0 Å². The number of hydrogen-bond donors (Lipinski definition) is 1. The van der Waals surface area contributed by atoms with Gasteiger partial charge in [-0.3, -0.25) is 9.78 Å². The topological polar surface area (TPSA) is 45.2 Å². The van der Waals surface area contributed by atoms with Gasteiger partial charge < -0.3 is 10.2 Å². The zero-order valence-corrected chi connectivity index (χ0v) is 15.8. The molecule has 134 valence electrons. The smallest absolute Gasteiger partial charge is 0.255 e. The van der Waals surface area contributed by atoms with Gasteiger partial charge in [0.05, 0.1) is 17.0 Å². The van der Waals surface area contributed by atoms with Crippen LogP contribution in [0.25, 0.3) is 11.3 Å². The number of aromatic nitrogens is 1. The van der Waals surface area contributed by atoms with E-state index in [4.69, 9.17) is 0 Å². The number of hydrogen-bond acceptors (Lipinski definition) is 3. The second-order valence-electron chi connectivity index (χ2n) is 6.58. The van der Waals surface area contributed by atoms with Crippen LogP contribution in [0.2, 0.25) is 0 Å². The summed E-state index contributed by atoms with van der Waals surface area (Å²) < 4.78 is 0. The van der Waals surface area contributed by atoms with Gasteiger partial charge in [-0.15, -0.1) is 24.8 Å². The van der Waals surface area contributed by atoms with Crippen LogP contribution in [0.3, 0.4) is 0 Å². The van der Waals surface area contributed by atoms with Gasteiger partial charge in [0.1, 0.15) is 0 Å². The molecule has 0 spiro atoms. The van der Waals surface area contributed by atoms with Crippen molar-refractivity contribution >= 4 is 30.7 Å². The minimum atomic E-state index is 0. The lowest BCUT2D eigenvalue weighted by Gasteiger charge is -2.18. The molecule has 2 aliphatic heterocycles. The van der Waals surface area contributed by atoms with Crippen molar-refractivity contribution in [3.8, 4) is 11.3 Å². The summed E-state index contributed by atoms with van der Waals surface area (Å²) in [6.07, 6.45) is 0. The number of carbonyl (C=O) groups is 1. The molecular formula is C19H23Cl2N3O. The van der Waals surface area contributed by atoms with E-state index in [0.29, 0.717) is 11.8 Å². The molecule has 1 aromatic heterocycles. The van der Waals surface area contributed by atoms with Crippen LogP contribution in [-0.2, 0) is 0 Å². The maximum absolute atomic E-state index is 12.8. The first-order valence-corrected chi connectivity index (χ1v) is 8.25. The number of halogens is 2. The van der Waals surface area contributed by atoms with Crippen molar-refractivity contribution in [2.45, 2.75) is 6.92 Å². The van der Waals surface area contributed by atoms with Crippen LogP contribution >= 0.6 is 24.8 Å². The SMILES string of the molecule is Cc1nc(-c2ccccc2)ccc1C(=O)N1C[C@H]2CNC[C@H]2C1.Cl.Cl. The lowest BCUT2D eigenvalue weighted by molar-refractivity contribution is 0.0780. The van der Waals surface area contributed by atoms with Crippen molar-refractivity contribution in [2.75, 3.05) is 26.2 Å². The third-order valence-electron chi connectivity index (χ3n) is 5.06. The molecule has 4 nitrogen and oxygen atoms in total. The number of nitrogens with zero attached hydrogens (tertiary/aromatic N) is 2. The van der Waals surface area contributed by atoms with Gasteiger partial charge in [0.25, 0.3) is 5.91 Å². The van der Waals surface area contributed by atoms with Gasteiger partial charge in [-0.05, 0) is 30.9 Å². The summed E-state index contributed by atoms with van der Waals surface area (Å²) in [5, 5.41) is 3.41. The highest BCUT2D eigenvalue weighted by Gasteiger charge is 2.38. The van der Waals surface area contributed by atoms with Crippen LogP contribution in [0.1, 0.15) is 16.1 Å². The molecule has 0 aliphatic carbocycles. The standard InChI is InChI=1S/C19H21N3O.2ClH/c1-13-17(7-8-18(21-13)14-5-3-2-4-6-14)19(23)22-11-15-9-20-10-16(15)12-22;;/h2-8,15-16,20H,9-12H2,1H3;2*1H/t15-,16+;;. The molecule has 2 aliphatic rings. The summed E-state index contributed by atoms with van der Waals surface area (Å²) in [7, 11) is 0. The van der Waals surface area contributed by atoms with Crippen LogP contribution in [0.15, 0.2) is 42.5 Å². The Morgan fingerprint density at radius 3 is 2.28 bits per heavy atom. The third-order valence-corrected chi connectivity index (χ3v) is 5.06. The van der Waals surface area contributed by atoms with Crippen LogP contribution in [0, 0.1) is 18.8 Å². The Balaban J connectivity index is 0.00000113. The summed E-state index contributed by atoms with van der Waals surface area (Å²) >= 11 is 0. The van der Waals surface area contributed by atoms with Crippen LogP contribution < -0.4 is 5.32 Å². The fraction of sp³-hybridized carbons (Fsp3) is 0.368. The average molecular weight is 380 g/mol. The molecule has 1 N–H and O–H groups in total. The third kappa shape index (κ3) is 3.81. The van der Waals surface area contributed by atoms with Crippen molar-refractivity contribution in [3.63, 3.8) is 0 Å². The molecule has 2 fully saturated rings. The molecule has 3 heterocycles. The van der Waals surface area contributed by atoms with Crippen molar-refractivity contribution in [1.82, 2.24) is 15.2 Å². The first-order valence-electron chi connectivity index (χ1n) is 8.25. The number of nitrogens with one attached hydrogen (secondary N) is 1. The van der Waals surface area contributed by atoms with Gasteiger partial charge >= 0.3 is 0 Å². The quantitative estimate of drug-likeness (QED) is 0.871. The van der Waals surface area contributed by atoms with E-state index in [2.05, 4.69) is 10.3 Å². The molecule has 0 radical (unpaired) electrons. The molecule has 4 rings (SSSR count). The molecule has 25 heavy (non-hydrogen) atoms. The van der Waals surface area contributed by atoms with Gasteiger partial charge in [-0.2, -0.15) is 0 Å². The number of likely N-dealkylation sites (tertiary alicyclic amines) is 1. The van der Waals surface area contributed by atoms with Crippen LogP contribution in [-0.4, -0.2) is 42.0 Å². The Morgan fingerprint density at radius 2 is 1.68 bits per heavy atom. The van der Waals surface area contributed by atoms with E-state index < -0.39 is 0 Å². The van der Waals surface area contributed by atoms with Crippen LogP contribution in [0.4, 0.5) is 0 Å². The predicted octanol–water partition coefficient (Wildman–Crippen LogP) is 3.19. The lowest BCUT2D eigenvalue weighted by atomic mass is 10.0. The normalized spacial score (nSPS) is 21.2. The summed E-state index contributed by atoms with van der Waals surface area (Å²) in [6, 6.07) is 14.0. The summed E-state index contributed by atoms with van der Waals surface area (Å²) in [4.78, 5) is 19.5. The molecule has 1 amide bonds. The molecular weight excluding hydrogens is 357 g/mol. The predicted molar refractivity (Wildman–Crippen MR) is 105 cm³/mol. The first-order chi connectivity index (χ1) is 11.2. The van der Waals surface area contributed by atoms with Gasteiger partial charge in [0.15, 0.2) is 0 Å². The molecule has 2 atom stereocenters. The molecule has 0 unspecified atom stereocenters. The largest absolute Gasteiger partial charge is 0.338 e. The van der Waals surface area contributed by atoms with E-state index in [1.807, 2.05) is 54.3 Å². The molecule has 2 saturated heterocycles. The number of aryl methyl sites for hydroxylation is 1. The monoisotopic (exact) mass is 379 g/mol. The number of pyridine rings is 1. The Morgan fingerprint density at radius 1 is 1.04 bits per heavy atom. The Hall–Kier alpha value is -1.62. The number of fused-ring (bicyclic) bond motifs is 1.